The number of benzene rings is 1. The number of carbonyl (C=O) groups excluding carboxylic acids is 1. The van der Waals surface area contributed by atoms with Crippen molar-refractivity contribution in [3.8, 4) is 0 Å². The zero-order chi connectivity index (χ0) is 14.1. The molecule has 19 heavy (non-hydrogen) atoms. The van der Waals surface area contributed by atoms with Gasteiger partial charge in [0.15, 0.2) is 0 Å². The summed E-state index contributed by atoms with van der Waals surface area (Å²) in [6.45, 7) is 0.622. The Morgan fingerprint density at radius 1 is 1.11 bits per heavy atom. The number of ether oxygens (including phenoxy) is 2. The van der Waals surface area contributed by atoms with Gasteiger partial charge >= 0.3 is 5.97 Å². The monoisotopic (exact) mass is 282 g/mol. The number of unbranched alkanes of at least 4 members (excludes halogenated alkanes) is 1. The highest BCUT2D eigenvalue weighted by atomic mass is 32.1. The Kier molecular flexibility index (Phi) is 7.60. The Morgan fingerprint density at radius 2 is 1.79 bits per heavy atom. The van der Waals surface area contributed by atoms with Crippen LogP contribution in [0.25, 0.3) is 0 Å². The molecular formula is C15H22O3S. The minimum atomic E-state index is -0.135. The number of hydrogen-bond donors (Lipinski definition) is 1. The van der Waals surface area contributed by atoms with Gasteiger partial charge < -0.3 is 9.47 Å². The fraction of sp³-hybridized carbons (Fsp3) is 0.533. The largest absolute Gasteiger partial charge is 0.469 e. The van der Waals surface area contributed by atoms with Gasteiger partial charge in [-0.2, -0.15) is 12.6 Å². The molecule has 0 heterocycles. The van der Waals surface area contributed by atoms with Crippen LogP contribution < -0.4 is 0 Å². The van der Waals surface area contributed by atoms with Crippen LogP contribution in [0.4, 0.5) is 0 Å². The van der Waals surface area contributed by atoms with Gasteiger partial charge in [0.1, 0.15) is 0 Å². The van der Waals surface area contributed by atoms with Gasteiger partial charge in [-0.25, -0.2) is 0 Å². The molecule has 0 N–H and O–H groups in total. The van der Waals surface area contributed by atoms with E-state index in [1.807, 2.05) is 0 Å². The van der Waals surface area contributed by atoms with Crippen molar-refractivity contribution >= 4 is 18.6 Å². The van der Waals surface area contributed by atoms with Gasteiger partial charge in [-0.05, 0) is 36.0 Å². The highest BCUT2D eigenvalue weighted by Crippen LogP contribution is 2.16. The summed E-state index contributed by atoms with van der Waals surface area (Å²) in [4.78, 5) is 11.0. The molecule has 0 spiro atoms. The van der Waals surface area contributed by atoms with Gasteiger partial charge in [0.05, 0.1) is 13.7 Å². The van der Waals surface area contributed by atoms with E-state index < -0.39 is 0 Å². The summed E-state index contributed by atoms with van der Waals surface area (Å²) < 4.78 is 9.79. The fourth-order valence-corrected chi connectivity index (χ4v) is 2.21. The van der Waals surface area contributed by atoms with E-state index >= 15 is 0 Å². The first kappa shape index (κ1) is 16.1. The number of esters is 1. The molecule has 0 unspecified atom stereocenters. The van der Waals surface area contributed by atoms with Crippen LogP contribution in [-0.2, 0) is 33.0 Å². The molecule has 0 aliphatic carbocycles. The molecule has 0 atom stereocenters. The number of methoxy groups -OCH3 is 2. The molecule has 106 valence electrons. The van der Waals surface area contributed by atoms with Gasteiger partial charge in [-0.3, -0.25) is 4.79 Å². The zero-order valence-electron chi connectivity index (χ0n) is 11.6. The van der Waals surface area contributed by atoms with E-state index in [-0.39, 0.29) is 5.97 Å². The number of carbonyl (C=O) groups is 1. The average Bonchev–Trinajstić information content (AvgIpc) is 2.43. The van der Waals surface area contributed by atoms with Crippen LogP contribution in [0.15, 0.2) is 18.2 Å². The van der Waals surface area contributed by atoms with Gasteiger partial charge in [0.25, 0.3) is 0 Å². The molecule has 0 amide bonds. The molecule has 1 aromatic rings. The van der Waals surface area contributed by atoms with E-state index in [1.165, 1.54) is 23.8 Å². The fourth-order valence-electron chi connectivity index (χ4n) is 2.03. The molecule has 1 rings (SSSR count). The maximum atomic E-state index is 11.0. The van der Waals surface area contributed by atoms with Crippen LogP contribution in [0.5, 0.6) is 0 Å². The predicted molar refractivity (Wildman–Crippen MR) is 79.4 cm³/mol. The van der Waals surface area contributed by atoms with Crippen molar-refractivity contribution in [2.45, 2.75) is 38.0 Å². The average molecular weight is 282 g/mol. The van der Waals surface area contributed by atoms with Crippen LogP contribution in [0.3, 0.4) is 0 Å². The summed E-state index contributed by atoms with van der Waals surface area (Å²) >= 11 is 4.32. The Hall–Kier alpha value is -1.00. The third-order valence-electron chi connectivity index (χ3n) is 2.93. The summed E-state index contributed by atoms with van der Waals surface area (Å²) in [6, 6.07) is 6.45. The summed E-state index contributed by atoms with van der Waals surface area (Å²) in [7, 11) is 3.12. The highest BCUT2D eigenvalue weighted by molar-refractivity contribution is 7.79. The molecule has 0 radical (unpaired) electrons. The van der Waals surface area contributed by atoms with Crippen molar-refractivity contribution in [2.75, 3.05) is 14.2 Å². The first-order valence-corrected chi connectivity index (χ1v) is 7.11. The Balaban J connectivity index is 2.52. The first-order valence-electron chi connectivity index (χ1n) is 6.48. The summed E-state index contributed by atoms with van der Waals surface area (Å²) in [6.07, 6.45) is 3.30. The smallest absolute Gasteiger partial charge is 0.305 e. The van der Waals surface area contributed by atoms with Crippen molar-refractivity contribution in [3.05, 3.63) is 34.9 Å². The van der Waals surface area contributed by atoms with Gasteiger partial charge in [0.2, 0.25) is 0 Å². The van der Waals surface area contributed by atoms with Crippen LogP contribution in [-0.4, -0.2) is 20.2 Å². The Morgan fingerprint density at radius 3 is 2.42 bits per heavy atom. The second-order valence-corrected chi connectivity index (χ2v) is 4.85. The molecule has 0 saturated carbocycles. The molecule has 0 aromatic heterocycles. The zero-order valence-corrected chi connectivity index (χ0v) is 12.5. The van der Waals surface area contributed by atoms with Crippen molar-refractivity contribution in [3.63, 3.8) is 0 Å². The number of rotatable bonds is 8. The topological polar surface area (TPSA) is 35.5 Å². The number of thiol groups is 1. The van der Waals surface area contributed by atoms with Crippen molar-refractivity contribution < 1.29 is 14.3 Å². The lowest BCUT2D eigenvalue weighted by Gasteiger charge is -2.08. The highest BCUT2D eigenvalue weighted by Gasteiger charge is 2.03. The van der Waals surface area contributed by atoms with E-state index in [0.29, 0.717) is 13.0 Å². The van der Waals surface area contributed by atoms with Crippen molar-refractivity contribution in [1.82, 2.24) is 0 Å². The molecule has 4 heteroatoms. The third-order valence-corrected chi connectivity index (χ3v) is 3.30. The van der Waals surface area contributed by atoms with Crippen LogP contribution >= 0.6 is 12.6 Å². The van der Waals surface area contributed by atoms with Gasteiger partial charge in [-0.1, -0.05) is 18.2 Å². The van der Waals surface area contributed by atoms with E-state index in [9.17, 15) is 4.79 Å². The van der Waals surface area contributed by atoms with Crippen LogP contribution in [0, 0.1) is 0 Å². The Bertz CT molecular complexity index is 404. The van der Waals surface area contributed by atoms with E-state index in [0.717, 1.165) is 25.0 Å². The maximum Gasteiger partial charge on any atom is 0.305 e. The lowest BCUT2D eigenvalue weighted by Crippen LogP contribution is -2.00. The van der Waals surface area contributed by atoms with Gasteiger partial charge in [0, 0.05) is 19.3 Å². The second-order valence-electron chi connectivity index (χ2n) is 4.53. The van der Waals surface area contributed by atoms with E-state index in [1.54, 1.807) is 7.11 Å². The molecule has 0 fully saturated rings. The van der Waals surface area contributed by atoms with E-state index in [4.69, 9.17) is 4.74 Å². The minimum absolute atomic E-state index is 0.135. The predicted octanol–water partition coefficient (Wildman–Crippen LogP) is 3.15. The molecular weight excluding hydrogens is 260 g/mol. The minimum Gasteiger partial charge on any atom is -0.469 e. The quantitative estimate of drug-likeness (QED) is 0.452. The molecule has 0 bridgehead atoms. The SMILES string of the molecule is COCc1cc(CS)cc(CCCCC(=O)OC)c1. The first-order chi connectivity index (χ1) is 9.19. The van der Waals surface area contributed by atoms with E-state index in [2.05, 4.69) is 35.6 Å². The molecule has 0 aliphatic heterocycles. The molecule has 1 aromatic carbocycles. The molecule has 0 aliphatic rings. The number of hydrogen-bond acceptors (Lipinski definition) is 4. The lowest BCUT2D eigenvalue weighted by atomic mass is 10.0. The van der Waals surface area contributed by atoms with Crippen LogP contribution in [0.1, 0.15) is 36.0 Å². The lowest BCUT2D eigenvalue weighted by molar-refractivity contribution is -0.140. The van der Waals surface area contributed by atoms with Crippen molar-refractivity contribution in [2.24, 2.45) is 0 Å². The summed E-state index contributed by atoms with van der Waals surface area (Å²) in [5, 5.41) is 0. The normalized spacial score (nSPS) is 10.5. The summed E-state index contributed by atoms with van der Waals surface area (Å²) in [5.74, 6) is 0.594. The standard InChI is InChI=1S/C15H22O3S/c1-17-10-13-7-12(8-14(9-13)11-19)5-3-4-6-15(16)18-2/h7-9,19H,3-6,10-11H2,1-2H3. The Labute approximate surface area is 120 Å². The van der Waals surface area contributed by atoms with Crippen LogP contribution in [0.2, 0.25) is 0 Å². The van der Waals surface area contributed by atoms with Gasteiger partial charge in [-0.15, -0.1) is 0 Å². The second kappa shape index (κ2) is 8.99. The van der Waals surface area contributed by atoms with Crippen molar-refractivity contribution in [1.29, 1.82) is 0 Å². The maximum absolute atomic E-state index is 11.0. The summed E-state index contributed by atoms with van der Waals surface area (Å²) in [5.41, 5.74) is 3.67. The molecule has 0 saturated heterocycles. The molecule has 3 nitrogen and oxygen atoms in total. The number of aryl methyl sites for hydroxylation is 1. The third kappa shape index (κ3) is 6.12.